The lowest BCUT2D eigenvalue weighted by molar-refractivity contribution is -0.171. The van der Waals surface area contributed by atoms with E-state index in [0.717, 1.165) is 18.4 Å². The molecular weight excluding hydrogens is 615 g/mol. The summed E-state index contributed by atoms with van der Waals surface area (Å²) in [7, 11) is -2.75. The summed E-state index contributed by atoms with van der Waals surface area (Å²) >= 11 is 0. The molecule has 1 unspecified atom stereocenters. The fraction of sp³-hybridized carbons (Fsp3) is 0.788. The van der Waals surface area contributed by atoms with E-state index in [0.29, 0.717) is 6.61 Å². The Balaban J connectivity index is 2.85. The number of ether oxygens (including phenoxy) is 3. The van der Waals surface area contributed by atoms with Gasteiger partial charge in [-0.2, -0.15) is 0 Å². The van der Waals surface area contributed by atoms with Crippen LogP contribution in [0.2, 0.25) is 18.1 Å². The van der Waals surface area contributed by atoms with Gasteiger partial charge in [0.15, 0.2) is 14.1 Å². The molecule has 1 fully saturated rings. The van der Waals surface area contributed by atoms with Crippen molar-refractivity contribution in [1.29, 1.82) is 0 Å². The summed E-state index contributed by atoms with van der Waals surface area (Å²) in [5.74, 6) is -1.95. The monoisotopic (exact) mass is 676 g/mol. The predicted octanol–water partition coefficient (Wildman–Crippen LogP) is 6.93. The molecule has 0 aromatic carbocycles. The number of carbonyl (C=O) groups is 1. The van der Waals surface area contributed by atoms with E-state index in [1.807, 2.05) is 19.1 Å². The third-order valence-corrected chi connectivity index (χ3v) is 15.3. The molecule has 0 amide bonds. The van der Waals surface area contributed by atoms with Gasteiger partial charge in [-0.15, -0.1) is 0 Å². The van der Waals surface area contributed by atoms with Gasteiger partial charge in [0.05, 0.1) is 44.1 Å². The minimum Gasteiger partial charge on any atom is -0.465 e. The zero-order valence-corrected chi connectivity index (χ0v) is 31.5. The molecule has 1 aliphatic heterocycles. The molecule has 0 aromatic rings. The summed E-state index contributed by atoms with van der Waals surface area (Å²) < 4.78 is 46.0. The highest BCUT2D eigenvalue weighted by atomic mass is 31.2. The topological polar surface area (TPSA) is 130 Å². The molecule has 1 aliphatic rings. The molecule has 1 heterocycles. The van der Waals surface area contributed by atoms with Crippen LogP contribution < -0.4 is 0 Å². The number of rotatable bonds is 20. The van der Waals surface area contributed by atoms with Crippen LogP contribution >= 0.6 is 7.60 Å². The molecule has 0 spiro atoms. The van der Waals surface area contributed by atoms with E-state index < -0.39 is 45.3 Å². The van der Waals surface area contributed by atoms with Crippen molar-refractivity contribution in [3.63, 3.8) is 0 Å². The van der Waals surface area contributed by atoms with Crippen LogP contribution in [0.3, 0.4) is 0 Å². The second kappa shape index (κ2) is 18.4. The molecule has 2 N–H and O–H groups in total. The van der Waals surface area contributed by atoms with Gasteiger partial charge >= 0.3 is 13.6 Å². The average Bonchev–Trinajstić information content (AvgIpc) is 3.40. The minimum absolute atomic E-state index is 0.0897. The summed E-state index contributed by atoms with van der Waals surface area (Å²) in [5.41, 5.74) is 0.863. The van der Waals surface area contributed by atoms with Crippen molar-refractivity contribution < 1.29 is 47.3 Å². The van der Waals surface area contributed by atoms with Crippen LogP contribution in [0, 0.1) is 5.41 Å². The normalized spacial score (nSPS) is 19.5. The van der Waals surface area contributed by atoms with Crippen molar-refractivity contribution in [2.45, 2.75) is 117 Å². The standard InChI is InChI=1S/C33H61O10PSi/c1-12-40-30(36)32(7,29(35)22-28(34)23-33(41-20-21-42-33)25-44(37,38-8)39-9)19-18-26(2)16-14-13-15-17-27(3)24-43-45(10,11)31(4,5)6/h14,16-18,28-29,34-35H,12-13,15,19-25H2,1-11H3/b16-14+,26-18+,27-17+/t28-,29+,32?/m0/s1. The van der Waals surface area contributed by atoms with Crippen molar-refractivity contribution in [1.82, 2.24) is 0 Å². The Morgan fingerprint density at radius 3 is 2.18 bits per heavy atom. The molecule has 0 aromatic heterocycles. The first kappa shape index (κ1) is 41.9. The number of esters is 1. The van der Waals surface area contributed by atoms with E-state index >= 15 is 0 Å². The molecule has 1 saturated heterocycles. The number of allylic oxidation sites excluding steroid dienone is 5. The van der Waals surface area contributed by atoms with E-state index in [-0.39, 0.29) is 50.3 Å². The lowest BCUT2D eigenvalue weighted by atomic mass is 9.77. The zero-order valence-electron chi connectivity index (χ0n) is 29.6. The molecule has 12 heteroatoms. The molecule has 45 heavy (non-hydrogen) atoms. The van der Waals surface area contributed by atoms with Crippen LogP contribution in [0.25, 0.3) is 0 Å². The highest BCUT2D eigenvalue weighted by Gasteiger charge is 2.48. The van der Waals surface area contributed by atoms with Gasteiger partial charge in [0, 0.05) is 27.1 Å². The van der Waals surface area contributed by atoms with E-state index in [4.69, 9.17) is 27.7 Å². The highest BCUT2D eigenvalue weighted by molar-refractivity contribution is 7.53. The van der Waals surface area contributed by atoms with E-state index in [9.17, 15) is 19.6 Å². The second-order valence-corrected chi connectivity index (χ2v) is 20.8. The van der Waals surface area contributed by atoms with Crippen molar-refractivity contribution in [2.24, 2.45) is 5.41 Å². The third-order valence-electron chi connectivity index (χ3n) is 8.85. The largest absolute Gasteiger partial charge is 0.465 e. The number of carbonyl (C=O) groups excluding carboxylic acids is 1. The molecule has 0 saturated carbocycles. The first-order chi connectivity index (χ1) is 20.8. The first-order valence-corrected chi connectivity index (χ1v) is 20.6. The number of aliphatic hydroxyl groups is 2. The van der Waals surface area contributed by atoms with Crippen LogP contribution in [0.5, 0.6) is 0 Å². The van der Waals surface area contributed by atoms with E-state index in [1.54, 1.807) is 13.8 Å². The highest BCUT2D eigenvalue weighted by Crippen LogP contribution is 2.51. The van der Waals surface area contributed by atoms with E-state index in [1.165, 1.54) is 19.8 Å². The van der Waals surface area contributed by atoms with Gasteiger partial charge in [-0.05, 0) is 65.1 Å². The maximum Gasteiger partial charge on any atom is 0.335 e. The summed E-state index contributed by atoms with van der Waals surface area (Å²) in [4.78, 5) is 13.1. The Kier molecular flexibility index (Phi) is 17.1. The van der Waals surface area contributed by atoms with E-state index in [2.05, 4.69) is 52.9 Å². The molecular formula is C33H61O10PSi. The van der Waals surface area contributed by atoms with Crippen molar-refractivity contribution >= 4 is 21.9 Å². The maximum absolute atomic E-state index is 13.1. The molecule has 0 radical (unpaired) electrons. The van der Waals surface area contributed by atoms with Gasteiger partial charge in [-0.3, -0.25) is 9.36 Å². The number of aliphatic hydroxyl groups excluding tert-OH is 2. The third kappa shape index (κ3) is 13.5. The Labute approximate surface area is 273 Å². The summed E-state index contributed by atoms with van der Waals surface area (Å²) in [6, 6.07) is 0. The van der Waals surface area contributed by atoms with Gasteiger partial charge in [-0.25, -0.2) is 0 Å². The molecule has 0 bridgehead atoms. The van der Waals surface area contributed by atoms with Crippen molar-refractivity contribution in [2.75, 3.05) is 46.8 Å². The van der Waals surface area contributed by atoms with Crippen molar-refractivity contribution in [3.05, 3.63) is 35.5 Å². The fourth-order valence-electron chi connectivity index (χ4n) is 4.59. The van der Waals surface area contributed by atoms with Gasteiger partial charge in [-0.1, -0.05) is 56.2 Å². The predicted molar refractivity (Wildman–Crippen MR) is 181 cm³/mol. The Hall–Kier alpha value is -1.14. The Morgan fingerprint density at radius 2 is 1.64 bits per heavy atom. The number of hydrogen-bond acceptors (Lipinski definition) is 10. The molecule has 1 rings (SSSR count). The lowest BCUT2D eigenvalue weighted by Crippen LogP contribution is -2.45. The van der Waals surface area contributed by atoms with Crippen LogP contribution in [-0.4, -0.2) is 89.3 Å². The maximum atomic E-state index is 13.1. The second-order valence-electron chi connectivity index (χ2n) is 13.7. The summed E-state index contributed by atoms with van der Waals surface area (Å²) in [6.45, 7) is 20.0. The first-order valence-electron chi connectivity index (χ1n) is 15.9. The smallest absolute Gasteiger partial charge is 0.335 e. The molecule has 10 nitrogen and oxygen atoms in total. The van der Waals surface area contributed by atoms with Gasteiger partial charge < -0.3 is 37.9 Å². The van der Waals surface area contributed by atoms with Crippen LogP contribution in [0.4, 0.5) is 0 Å². The van der Waals surface area contributed by atoms with Crippen LogP contribution in [-0.2, 0) is 37.0 Å². The Bertz CT molecular complexity index is 1050. The zero-order chi connectivity index (χ0) is 34.5. The molecule has 262 valence electrons. The Morgan fingerprint density at radius 1 is 1.04 bits per heavy atom. The summed E-state index contributed by atoms with van der Waals surface area (Å²) in [6.07, 6.45) is 7.33. The molecule has 0 aliphatic carbocycles. The van der Waals surface area contributed by atoms with Gasteiger partial charge in [0.1, 0.15) is 6.16 Å². The minimum atomic E-state index is -3.52. The SMILES string of the molecule is CCOC(=O)C(C)(C/C=C(C)/C=C/CC/C=C(\C)CO[Si](C)(C)C(C)(C)C)[C@H](O)C[C@H](O)CC1(CP(=O)(OC)OC)OCCO1. The van der Waals surface area contributed by atoms with Crippen LogP contribution in [0.15, 0.2) is 35.5 Å². The lowest BCUT2D eigenvalue weighted by Gasteiger charge is -2.36. The quantitative estimate of drug-likeness (QED) is 0.0350. The number of hydrogen-bond donors (Lipinski definition) is 2. The van der Waals surface area contributed by atoms with Gasteiger partial charge in [0.25, 0.3) is 0 Å². The fourth-order valence-corrected chi connectivity index (χ4v) is 6.92. The molecule has 3 atom stereocenters. The van der Waals surface area contributed by atoms with Gasteiger partial charge in [0.2, 0.25) is 0 Å². The van der Waals surface area contributed by atoms with Crippen LogP contribution in [0.1, 0.15) is 80.6 Å². The van der Waals surface area contributed by atoms with Crippen molar-refractivity contribution in [3.8, 4) is 0 Å². The average molecular weight is 677 g/mol. The summed E-state index contributed by atoms with van der Waals surface area (Å²) in [5, 5.41) is 22.4. The number of unbranched alkanes of at least 4 members (excludes halogenated alkanes) is 1.